The number of carbonyl (C=O) groups excluding carboxylic acids is 1. The van der Waals surface area contributed by atoms with Crippen LogP contribution in [0.4, 0.5) is 0 Å². The molecule has 2 N–H and O–H groups in total. The van der Waals surface area contributed by atoms with Gasteiger partial charge in [0.05, 0.1) is 6.04 Å². The molecule has 1 aromatic rings. The standard InChI is InChI=1S/C12H17NO2S/c13-12(11-2-1-7-16-11)10(14)8-9-3-5-15-6-4-9/h1-2,7,9,12H,3-6,8,13H2. The quantitative estimate of drug-likeness (QED) is 0.875. The van der Waals surface area contributed by atoms with E-state index in [1.165, 1.54) is 0 Å². The van der Waals surface area contributed by atoms with Crippen LogP contribution in [-0.4, -0.2) is 19.0 Å². The summed E-state index contributed by atoms with van der Waals surface area (Å²) >= 11 is 1.55. The summed E-state index contributed by atoms with van der Waals surface area (Å²) in [5.74, 6) is 0.626. The molecule has 0 radical (unpaired) electrons. The first-order valence-corrected chi connectivity index (χ1v) is 6.55. The summed E-state index contributed by atoms with van der Waals surface area (Å²) in [6, 6.07) is 3.43. The molecule has 88 valence electrons. The third-order valence-corrected chi connectivity index (χ3v) is 3.98. The van der Waals surface area contributed by atoms with Crippen molar-refractivity contribution in [3.05, 3.63) is 22.4 Å². The molecule has 1 aliphatic heterocycles. The van der Waals surface area contributed by atoms with E-state index in [0.717, 1.165) is 30.9 Å². The fraction of sp³-hybridized carbons (Fsp3) is 0.583. The summed E-state index contributed by atoms with van der Waals surface area (Å²) in [4.78, 5) is 12.9. The van der Waals surface area contributed by atoms with Crippen molar-refractivity contribution in [2.75, 3.05) is 13.2 Å². The molecular weight excluding hydrogens is 222 g/mol. The van der Waals surface area contributed by atoms with Gasteiger partial charge in [-0.1, -0.05) is 6.07 Å². The molecular formula is C12H17NO2S. The predicted molar refractivity (Wildman–Crippen MR) is 64.4 cm³/mol. The number of Topliss-reactive ketones (excluding diaryl/α,β-unsaturated/α-hetero) is 1. The monoisotopic (exact) mass is 239 g/mol. The molecule has 1 aliphatic rings. The number of carbonyl (C=O) groups is 1. The molecule has 0 aliphatic carbocycles. The third-order valence-electron chi connectivity index (χ3n) is 3.03. The summed E-state index contributed by atoms with van der Waals surface area (Å²) in [5, 5.41) is 1.96. The van der Waals surface area contributed by atoms with Gasteiger partial charge in [-0.15, -0.1) is 11.3 Å². The Kier molecular flexibility index (Phi) is 4.09. The number of hydrogen-bond donors (Lipinski definition) is 1. The highest BCUT2D eigenvalue weighted by Gasteiger charge is 2.22. The van der Waals surface area contributed by atoms with Crippen LogP contribution >= 0.6 is 11.3 Å². The van der Waals surface area contributed by atoms with E-state index in [9.17, 15) is 4.79 Å². The number of hydrogen-bond acceptors (Lipinski definition) is 4. The molecule has 16 heavy (non-hydrogen) atoms. The maximum Gasteiger partial charge on any atom is 0.155 e. The highest BCUT2D eigenvalue weighted by Crippen LogP contribution is 2.24. The molecule has 3 nitrogen and oxygen atoms in total. The van der Waals surface area contributed by atoms with E-state index in [1.54, 1.807) is 11.3 Å². The van der Waals surface area contributed by atoms with Crippen LogP contribution in [0.3, 0.4) is 0 Å². The molecule has 4 heteroatoms. The molecule has 2 rings (SSSR count). The first-order valence-electron chi connectivity index (χ1n) is 5.67. The Bertz CT molecular complexity index is 331. The molecule has 0 spiro atoms. The van der Waals surface area contributed by atoms with Crippen LogP contribution in [-0.2, 0) is 9.53 Å². The number of nitrogens with two attached hydrogens (primary N) is 1. The number of thiophene rings is 1. The number of ether oxygens (including phenoxy) is 1. The zero-order valence-corrected chi connectivity index (χ0v) is 10.0. The zero-order valence-electron chi connectivity index (χ0n) is 9.22. The van der Waals surface area contributed by atoms with Gasteiger partial charge in [0.2, 0.25) is 0 Å². The van der Waals surface area contributed by atoms with Crippen LogP contribution in [0, 0.1) is 5.92 Å². The summed E-state index contributed by atoms with van der Waals surface area (Å²) in [6.45, 7) is 1.57. The van der Waals surface area contributed by atoms with Crippen LogP contribution in [0.2, 0.25) is 0 Å². The number of rotatable bonds is 4. The lowest BCUT2D eigenvalue weighted by atomic mass is 9.92. The molecule has 0 saturated carbocycles. The fourth-order valence-corrected chi connectivity index (χ4v) is 2.74. The average Bonchev–Trinajstić information content (AvgIpc) is 2.83. The lowest BCUT2D eigenvalue weighted by molar-refractivity contribution is -0.121. The lowest BCUT2D eigenvalue weighted by Crippen LogP contribution is -2.25. The Morgan fingerprint density at radius 2 is 2.31 bits per heavy atom. The average molecular weight is 239 g/mol. The van der Waals surface area contributed by atoms with Gasteiger partial charge in [-0.2, -0.15) is 0 Å². The van der Waals surface area contributed by atoms with Crippen molar-refractivity contribution in [3.8, 4) is 0 Å². The summed E-state index contributed by atoms with van der Waals surface area (Å²) < 4.78 is 5.27. The van der Waals surface area contributed by atoms with Gasteiger partial charge in [-0.05, 0) is 30.2 Å². The van der Waals surface area contributed by atoms with Gasteiger partial charge in [-0.3, -0.25) is 4.79 Å². The molecule has 2 heterocycles. The second-order valence-electron chi connectivity index (χ2n) is 4.22. The molecule has 1 fully saturated rings. The molecule has 0 bridgehead atoms. The maximum atomic E-state index is 12.0. The van der Waals surface area contributed by atoms with Crippen molar-refractivity contribution >= 4 is 17.1 Å². The van der Waals surface area contributed by atoms with E-state index in [4.69, 9.17) is 10.5 Å². The van der Waals surface area contributed by atoms with Gasteiger partial charge in [0, 0.05) is 24.5 Å². The van der Waals surface area contributed by atoms with Gasteiger partial charge in [0.25, 0.3) is 0 Å². The molecule has 1 atom stereocenters. The van der Waals surface area contributed by atoms with E-state index >= 15 is 0 Å². The minimum absolute atomic E-state index is 0.161. The van der Waals surface area contributed by atoms with Gasteiger partial charge in [-0.25, -0.2) is 0 Å². The predicted octanol–water partition coefficient (Wildman–Crippen LogP) is 2.13. The minimum Gasteiger partial charge on any atom is -0.381 e. The topological polar surface area (TPSA) is 52.3 Å². The zero-order chi connectivity index (χ0) is 11.4. The van der Waals surface area contributed by atoms with Gasteiger partial charge in [0.1, 0.15) is 0 Å². The lowest BCUT2D eigenvalue weighted by Gasteiger charge is -2.22. The van der Waals surface area contributed by atoms with Gasteiger partial charge in [0.15, 0.2) is 5.78 Å². The maximum absolute atomic E-state index is 12.0. The Labute approximate surface area is 99.6 Å². The Balaban J connectivity index is 1.87. The van der Waals surface area contributed by atoms with Crippen LogP contribution < -0.4 is 5.73 Å². The minimum atomic E-state index is -0.428. The normalized spacial score (nSPS) is 19.6. The molecule has 0 amide bonds. The molecule has 1 unspecified atom stereocenters. The van der Waals surface area contributed by atoms with Crippen LogP contribution in [0.25, 0.3) is 0 Å². The van der Waals surface area contributed by atoms with Crippen LogP contribution in [0.1, 0.15) is 30.2 Å². The third kappa shape index (κ3) is 2.90. The fourth-order valence-electron chi connectivity index (χ4n) is 1.99. The molecule has 0 aromatic carbocycles. The summed E-state index contributed by atoms with van der Waals surface area (Å²) in [6.07, 6.45) is 2.58. The Hall–Kier alpha value is -0.710. The van der Waals surface area contributed by atoms with E-state index in [2.05, 4.69) is 0 Å². The second-order valence-corrected chi connectivity index (χ2v) is 5.20. The van der Waals surface area contributed by atoms with Crippen molar-refractivity contribution < 1.29 is 9.53 Å². The first-order chi connectivity index (χ1) is 7.77. The van der Waals surface area contributed by atoms with E-state index in [0.29, 0.717) is 12.3 Å². The molecule has 1 saturated heterocycles. The summed E-state index contributed by atoms with van der Waals surface area (Å²) in [7, 11) is 0. The second kappa shape index (κ2) is 5.57. The van der Waals surface area contributed by atoms with Gasteiger partial charge >= 0.3 is 0 Å². The largest absolute Gasteiger partial charge is 0.381 e. The van der Waals surface area contributed by atoms with E-state index in [1.807, 2.05) is 17.5 Å². The van der Waals surface area contributed by atoms with Crippen molar-refractivity contribution in [1.82, 2.24) is 0 Å². The highest BCUT2D eigenvalue weighted by atomic mass is 32.1. The number of ketones is 1. The first kappa shape index (κ1) is 11.8. The Morgan fingerprint density at radius 3 is 2.94 bits per heavy atom. The van der Waals surface area contributed by atoms with Crippen molar-refractivity contribution in [3.63, 3.8) is 0 Å². The Morgan fingerprint density at radius 1 is 1.56 bits per heavy atom. The van der Waals surface area contributed by atoms with Crippen LogP contribution in [0.15, 0.2) is 17.5 Å². The summed E-state index contributed by atoms with van der Waals surface area (Å²) in [5.41, 5.74) is 5.93. The highest BCUT2D eigenvalue weighted by molar-refractivity contribution is 7.10. The SMILES string of the molecule is NC(C(=O)CC1CCOCC1)c1cccs1. The van der Waals surface area contributed by atoms with Crippen molar-refractivity contribution in [2.45, 2.75) is 25.3 Å². The van der Waals surface area contributed by atoms with Crippen molar-refractivity contribution in [2.24, 2.45) is 11.7 Å². The van der Waals surface area contributed by atoms with E-state index in [-0.39, 0.29) is 5.78 Å². The van der Waals surface area contributed by atoms with E-state index < -0.39 is 6.04 Å². The molecule has 1 aromatic heterocycles. The van der Waals surface area contributed by atoms with Crippen LogP contribution in [0.5, 0.6) is 0 Å². The van der Waals surface area contributed by atoms with Gasteiger partial charge < -0.3 is 10.5 Å². The smallest absolute Gasteiger partial charge is 0.155 e. The van der Waals surface area contributed by atoms with Crippen molar-refractivity contribution in [1.29, 1.82) is 0 Å².